The van der Waals surface area contributed by atoms with Crippen molar-refractivity contribution in [3.63, 3.8) is 0 Å². The molecule has 5 heteroatoms. The van der Waals surface area contributed by atoms with E-state index in [2.05, 4.69) is 40.7 Å². The van der Waals surface area contributed by atoms with Crippen molar-refractivity contribution >= 4 is 11.9 Å². The number of rotatable bonds is 2. The maximum Gasteiger partial charge on any atom is 0.312 e. The van der Waals surface area contributed by atoms with Crippen LogP contribution in [0.5, 0.6) is 0 Å². The first-order chi connectivity index (χ1) is 16.2. The molecular weight excluding hydrogens is 440 g/mol. The molecule has 0 spiro atoms. The van der Waals surface area contributed by atoms with Gasteiger partial charge in [0, 0.05) is 0 Å². The Hall–Kier alpha value is -1.36. The van der Waals surface area contributed by atoms with E-state index in [4.69, 9.17) is 0 Å². The van der Waals surface area contributed by atoms with Gasteiger partial charge in [-0.3, -0.25) is 9.59 Å². The molecule has 0 bridgehead atoms. The minimum absolute atomic E-state index is 0.00485. The molecule has 0 aromatic rings. The highest BCUT2D eigenvalue weighted by Crippen LogP contribution is 2.75. The summed E-state index contributed by atoms with van der Waals surface area (Å²) in [6.45, 7) is 13.5. The predicted molar refractivity (Wildman–Crippen MR) is 135 cm³/mol. The molecule has 0 radical (unpaired) electrons. The average Bonchev–Trinajstić information content (AvgIpc) is 2.79. The Bertz CT molecular complexity index is 972. The highest BCUT2D eigenvalue weighted by atomic mass is 16.4. The number of hydrogen-bond acceptors (Lipinski definition) is 3. The van der Waals surface area contributed by atoms with Crippen molar-refractivity contribution in [2.24, 2.45) is 56.7 Å². The van der Waals surface area contributed by atoms with Gasteiger partial charge in [-0.15, -0.1) is 0 Å². The Balaban J connectivity index is 1.62. The highest BCUT2D eigenvalue weighted by molar-refractivity contribution is 5.77. The molecule has 0 aliphatic heterocycles. The predicted octanol–water partition coefficient (Wildman–Crippen LogP) is 6.15. The topological polar surface area (TPSA) is 94.8 Å². The Labute approximate surface area is 210 Å². The number of aliphatic carboxylic acids is 2. The molecule has 0 aromatic heterocycles. The minimum Gasteiger partial charge on any atom is -0.481 e. The molecule has 5 aliphatic rings. The lowest BCUT2D eigenvalue weighted by Gasteiger charge is -2.71. The van der Waals surface area contributed by atoms with Crippen LogP contribution in [-0.4, -0.2) is 33.4 Å². The summed E-state index contributed by atoms with van der Waals surface area (Å²) in [5.74, 6) is -0.236. The number of carboxylic acids is 2. The molecule has 0 heterocycles. The first kappa shape index (κ1) is 25.3. The fourth-order valence-electron chi connectivity index (χ4n) is 10.8. The van der Waals surface area contributed by atoms with Crippen LogP contribution in [0.1, 0.15) is 99.3 Å². The van der Waals surface area contributed by atoms with E-state index in [1.807, 2.05) is 0 Å². The highest BCUT2D eigenvalue weighted by Gasteiger charge is 2.70. The lowest BCUT2D eigenvalue weighted by molar-refractivity contribution is -0.218. The maximum atomic E-state index is 12.8. The van der Waals surface area contributed by atoms with E-state index in [0.717, 1.165) is 51.4 Å². The van der Waals surface area contributed by atoms with E-state index in [1.54, 1.807) is 6.92 Å². The minimum atomic E-state index is -1.11. The third kappa shape index (κ3) is 2.85. The smallest absolute Gasteiger partial charge is 0.312 e. The Morgan fingerprint density at radius 3 is 2.17 bits per heavy atom. The van der Waals surface area contributed by atoms with Gasteiger partial charge in [-0.25, -0.2) is 0 Å². The number of carbonyl (C=O) groups is 2. The zero-order chi connectivity index (χ0) is 25.8. The van der Waals surface area contributed by atoms with Crippen molar-refractivity contribution in [3.05, 3.63) is 11.6 Å². The zero-order valence-corrected chi connectivity index (χ0v) is 22.6. The lowest BCUT2D eigenvalue weighted by atomic mass is 9.33. The van der Waals surface area contributed by atoms with Crippen LogP contribution in [-0.2, 0) is 9.59 Å². The maximum absolute atomic E-state index is 12.8. The molecule has 4 fully saturated rings. The number of allylic oxidation sites excluding steroid dienone is 2. The summed E-state index contributed by atoms with van der Waals surface area (Å²) in [7, 11) is 0. The monoisotopic (exact) mass is 486 g/mol. The van der Waals surface area contributed by atoms with Gasteiger partial charge in [0.15, 0.2) is 0 Å². The molecule has 3 unspecified atom stereocenters. The Kier molecular flexibility index (Phi) is 5.48. The lowest BCUT2D eigenvalue weighted by Crippen LogP contribution is -2.66. The summed E-state index contributed by atoms with van der Waals surface area (Å²) in [6, 6.07) is 0. The largest absolute Gasteiger partial charge is 0.481 e. The second-order valence-corrected chi connectivity index (χ2v) is 14.3. The normalized spacial score (nSPS) is 55.5. The van der Waals surface area contributed by atoms with Crippen LogP contribution in [0, 0.1) is 56.7 Å². The van der Waals surface area contributed by atoms with Crippen molar-refractivity contribution in [1.29, 1.82) is 0 Å². The van der Waals surface area contributed by atoms with Gasteiger partial charge in [-0.2, -0.15) is 0 Å². The van der Waals surface area contributed by atoms with Crippen LogP contribution in [0.4, 0.5) is 0 Å². The molecule has 0 saturated heterocycles. The summed E-state index contributed by atoms with van der Waals surface area (Å²) < 4.78 is 0. The van der Waals surface area contributed by atoms with E-state index >= 15 is 0 Å². The van der Waals surface area contributed by atoms with Crippen LogP contribution >= 0.6 is 0 Å². The van der Waals surface area contributed by atoms with Crippen molar-refractivity contribution < 1.29 is 24.9 Å². The van der Waals surface area contributed by atoms with Gasteiger partial charge < -0.3 is 15.3 Å². The number of hydrogen-bond donors (Lipinski definition) is 3. The number of aliphatic hydroxyl groups excluding tert-OH is 1. The molecule has 11 atom stereocenters. The average molecular weight is 487 g/mol. The van der Waals surface area contributed by atoms with Gasteiger partial charge in [0.2, 0.25) is 0 Å². The van der Waals surface area contributed by atoms with Gasteiger partial charge in [-0.05, 0) is 111 Å². The van der Waals surface area contributed by atoms with Gasteiger partial charge in [-0.1, -0.05) is 46.3 Å². The molecule has 4 saturated carbocycles. The van der Waals surface area contributed by atoms with Crippen molar-refractivity contribution in [1.82, 2.24) is 0 Å². The first-order valence-electron chi connectivity index (χ1n) is 14.1. The van der Waals surface area contributed by atoms with Gasteiger partial charge in [0.1, 0.15) is 0 Å². The van der Waals surface area contributed by atoms with Gasteiger partial charge in [0.05, 0.1) is 16.9 Å². The van der Waals surface area contributed by atoms with Crippen molar-refractivity contribution in [3.8, 4) is 0 Å². The molecule has 196 valence electrons. The summed E-state index contributed by atoms with van der Waals surface area (Å²) in [6.07, 6.45) is 9.08. The third-order valence-corrected chi connectivity index (χ3v) is 13.5. The quantitative estimate of drug-likeness (QED) is 0.407. The van der Waals surface area contributed by atoms with Crippen LogP contribution in [0.25, 0.3) is 0 Å². The van der Waals surface area contributed by atoms with E-state index in [1.165, 1.54) is 5.57 Å². The third-order valence-electron chi connectivity index (χ3n) is 13.5. The summed E-state index contributed by atoms with van der Waals surface area (Å²) in [4.78, 5) is 25.3. The molecule has 5 aliphatic carbocycles. The second kappa shape index (κ2) is 7.58. The van der Waals surface area contributed by atoms with Crippen LogP contribution in [0.3, 0.4) is 0 Å². The Morgan fingerprint density at radius 1 is 0.857 bits per heavy atom. The SMILES string of the molecule is C[C@@H]1CC[C@]2(C(=O)O)CC[C@]3(C)C(=CCC4[C@@]5(C)CC[C@@H](O)[C@](C)(C(=O)O)C5CC[C@]43C)C2[C@H]1C. The van der Waals surface area contributed by atoms with Crippen LogP contribution < -0.4 is 0 Å². The molecule has 0 amide bonds. The standard InChI is InChI=1S/C30H46O5/c1-17-9-14-30(25(34)35)16-15-27(4)19(23(30)18(17)2)7-8-20-26(3)12-11-22(31)29(6,24(32)33)21(26)10-13-28(20,27)5/h7,17-18,20-23,31H,8-16H2,1-6H3,(H,32,33)(H,34,35)/t17-,18+,20?,21?,22-,23?,26-,27-,28-,29-,30+/m1/s1. The first-order valence-corrected chi connectivity index (χ1v) is 14.1. The number of aliphatic hydroxyl groups is 1. The molecule has 5 rings (SSSR count). The second-order valence-electron chi connectivity index (χ2n) is 14.3. The van der Waals surface area contributed by atoms with E-state index in [9.17, 15) is 24.9 Å². The Morgan fingerprint density at radius 2 is 1.54 bits per heavy atom. The van der Waals surface area contributed by atoms with Gasteiger partial charge >= 0.3 is 11.9 Å². The molecule has 5 nitrogen and oxygen atoms in total. The van der Waals surface area contributed by atoms with Gasteiger partial charge in [0.25, 0.3) is 0 Å². The molecule has 0 aromatic carbocycles. The number of carboxylic acid groups (broad SMARTS) is 2. The number of fused-ring (bicyclic) bond motifs is 7. The fraction of sp³-hybridized carbons (Fsp3) is 0.867. The molecule has 3 N–H and O–H groups in total. The summed E-state index contributed by atoms with van der Waals surface area (Å²) in [5, 5.41) is 31.6. The molecule has 35 heavy (non-hydrogen) atoms. The van der Waals surface area contributed by atoms with Crippen LogP contribution in [0.15, 0.2) is 11.6 Å². The van der Waals surface area contributed by atoms with Crippen LogP contribution in [0.2, 0.25) is 0 Å². The van der Waals surface area contributed by atoms with E-state index in [-0.39, 0.29) is 28.1 Å². The van der Waals surface area contributed by atoms with E-state index in [0.29, 0.717) is 24.2 Å². The van der Waals surface area contributed by atoms with Crippen molar-refractivity contribution in [2.75, 3.05) is 0 Å². The van der Waals surface area contributed by atoms with Crippen molar-refractivity contribution in [2.45, 2.75) is 105 Å². The summed E-state index contributed by atoms with van der Waals surface area (Å²) >= 11 is 0. The summed E-state index contributed by atoms with van der Waals surface area (Å²) in [5.41, 5.74) is -0.584. The molecular formula is C30H46O5. The fourth-order valence-corrected chi connectivity index (χ4v) is 10.8. The zero-order valence-electron chi connectivity index (χ0n) is 22.6. The van der Waals surface area contributed by atoms with E-state index < -0.39 is 28.9 Å².